The number of rotatable bonds is 5. The summed E-state index contributed by atoms with van der Waals surface area (Å²) < 4.78 is 1.79. The third-order valence-corrected chi connectivity index (χ3v) is 6.82. The predicted octanol–water partition coefficient (Wildman–Crippen LogP) is 5.91. The van der Waals surface area contributed by atoms with E-state index in [9.17, 15) is 4.79 Å². The zero-order valence-corrected chi connectivity index (χ0v) is 19.4. The summed E-state index contributed by atoms with van der Waals surface area (Å²) in [6.07, 6.45) is 4.07. The molecule has 0 bridgehead atoms. The van der Waals surface area contributed by atoms with E-state index >= 15 is 0 Å². The van der Waals surface area contributed by atoms with Gasteiger partial charge >= 0.3 is 0 Å². The number of hydrogen-bond acceptors (Lipinski definition) is 4. The van der Waals surface area contributed by atoms with E-state index < -0.39 is 0 Å². The van der Waals surface area contributed by atoms with Crippen LogP contribution in [0.4, 0.5) is 0 Å². The van der Waals surface area contributed by atoms with Crippen LogP contribution in [0.25, 0.3) is 16.3 Å². The molecule has 0 spiro atoms. The van der Waals surface area contributed by atoms with Gasteiger partial charge in [-0.3, -0.25) is 10.2 Å². The van der Waals surface area contributed by atoms with E-state index in [1.54, 1.807) is 28.2 Å². The Hall–Kier alpha value is -1.86. The number of carbonyl (C=O) groups is 1. The van der Waals surface area contributed by atoms with Crippen LogP contribution in [0.1, 0.15) is 47.1 Å². The fraction of sp³-hybridized carbons (Fsp3) is 0.364. The largest absolute Gasteiger partial charge is 0.286 e. The van der Waals surface area contributed by atoms with Gasteiger partial charge in [0.15, 0.2) is 5.69 Å². The first-order valence-electron chi connectivity index (χ1n) is 10.2. The van der Waals surface area contributed by atoms with E-state index in [4.69, 9.17) is 28.3 Å². The molecule has 0 radical (unpaired) electrons. The number of thiophene rings is 1. The Kier molecular flexibility index (Phi) is 6.48. The summed E-state index contributed by atoms with van der Waals surface area (Å²) in [5, 5.41) is 7.79. The van der Waals surface area contributed by atoms with Crippen LogP contribution in [0, 0.1) is 6.92 Å². The molecule has 1 aromatic carbocycles. The highest BCUT2D eigenvalue weighted by molar-refractivity contribution is 7.15. The molecule has 30 heavy (non-hydrogen) atoms. The van der Waals surface area contributed by atoms with Gasteiger partial charge in [-0.25, -0.2) is 9.69 Å². The molecular formula is C22H24Cl2N4OS. The van der Waals surface area contributed by atoms with E-state index in [1.165, 1.54) is 11.3 Å². The third-order valence-electron chi connectivity index (χ3n) is 5.28. The number of hydrazine groups is 1. The lowest BCUT2D eigenvalue weighted by molar-refractivity contribution is 0.0743. The Labute approximate surface area is 190 Å². The number of aromatic nitrogens is 2. The summed E-state index contributed by atoms with van der Waals surface area (Å²) in [6.45, 7) is 5.86. The maximum atomic E-state index is 13.2. The zero-order valence-electron chi connectivity index (χ0n) is 17.0. The van der Waals surface area contributed by atoms with Gasteiger partial charge in [0.05, 0.1) is 21.3 Å². The van der Waals surface area contributed by atoms with Crippen molar-refractivity contribution in [2.45, 2.75) is 39.5 Å². The van der Waals surface area contributed by atoms with Gasteiger partial charge in [0.25, 0.3) is 5.91 Å². The van der Waals surface area contributed by atoms with Gasteiger partial charge in [-0.2, -0.15) is 5.10 Å². The first-order valence-corrected chi connectivity index (χ1v) is 11.7. The number of piperidine rings is 1. The first-order chi connectivity index (χ1) is 14.5. The highest BCUT2D eigenvalue weighted by Crippen LogP contribution is 2.36. The Morgan fingerprint density at radius 3 is 2.57 bits per heavy atom. The predicted molar refractivity (Wildman–Crippen MR) is 124 cm³/mol. The van der Waals surface area contributed by atoms with Crippen molar-refractivity contribution in [1.29, 1.82) is 0 Å². The molecule has 3 heterocycles. The Morgan fingerprint density at radius 1 is 1.17 bits per heavy atom. The van der Waals surface area contributed by atoms with Crippen molar-refractivity contribution in [2.24, 2.45) is 0 Å². The summed E-state index contributed by atoms with van der Waals surface area (Å²) >= 11 is 14.3. The second-order valence-corrected chi connectivity index (χ2v) is 9.57. The van der Waals surface area contributed by atoms with E-state index in [1.807, 2.05) is 18.0 Å². The van der Waals surface area contributed by atoms with Gasteiger partial charge in [-0.1, -0.05) is 36.5 Å². The highest BCUT2D eigenvalue weighted by Gasteiger charge is 2.26. The summed E-state index contributed by atoms with van der Waals surface area (Å²) in [4.78, 5) is 15.4. The summed E-state index contributed by atoms with van der Waals surface area (Å²) in [5.74, 6) is -0.174. The number of carbonyl (C=O) groups excluding carboxylic acids is 1. The lowest BCUT2D eigenvalue weighted by Crippen LogP contribution is -2.45. The summed E-state index contributed by atoms with van der Waals surface area (Å²) in [6, 6.07) is 9.47. The highest BCUT2D eigenvalue weighted by atomic mass is 35.5. The molecule has 3 aromatic rings. The fourth-order valence-corrected chi connectivity index (χ4v) is 5.23. The standard InChI is InChI=1S/C22H24Cl2N4OS/c1-3-16-20(22(29)26-27-11-5-4-6-12-27)25-28(18-9-8-15(23)13-17(18)24)21(16)19-10-7-14(2)30-19/h7-10,13H,3-6,11-12H2,1-2H3,(H,26,29). The van der Waals surface area contributed by atoms with Crippen LogP contribution in [-0.4, -0.2) is 33.8 Å². The van der Waals surface area contributed by atoms with Crippen LogP contribution in [0.2, 0.25) is 10.0 Å². The molecule has 0 saturated carbocycles. The van der Waals surface area contributed by atoms with Crippen molar-refractivity contribution in [3.63, 3.8) is 0 Å². The van der Waals surface area contributed by atoms with Crippen LogP contribution in [-0.2, 0) is 6.42 Å². The maximum absolute atomic E-state index is 13.2. The number of aryl methyl sites for hydroxylation is 1. The number of hydrogen-bond donors (Lipinski definition) is 1. The quantitative estimate of drug-likeness (QED) is 0.512. The molecule has 0 unspecified atom stereocenters. The van der Waals surface area contributed by atoms with Crippen LogP contribution >= 0.6 is 34.5 Å². The molecule has 8 heteroatoms. The van der Waals surface area contributed by atoms with Crippen molar-refractivity contribution in [3.8, 4) is 16.3 Å². The van der Waals surface area contributed by atoms with E-state index in [-0.39, 0.29) is 5.91 Å². The molecule has 1 N–H and O–H groups in total. The molecule has 2 aromatic heterocycles. The van der Waals surface area contributed by atoms with Gasteiger partial charge in [0.2, 0.25) is 0 Å². The number of halogens is 2. The van der Waals surface area contributed by atoms with Gasteiger partial charge in [0, 0.05) is 28.6 Å². The number of benzene rings is 1. The van der Waals surface area contributed by atoms with E-state index in [0.29, 0.717) is 27.8 Å². The molecule has 1 amide bonds. The second-order valence-electron chi connectivity index (χ2n) is 7.44. The normalized spacial score (nSPS) is 14.8. The monoisotopic (exact) mass is 462 g/mol. The molecule has 158 valence electrons. The molecule has 1 saturated heterocycles. The Balaban J connectivity index is 1.83. The molecule has 1 aliphatic heterocycles. The summed E-state index contributed by atoms with van der Waals surface area (Å²) in [7, 11) is 0. The van der Waals surface area contributed by atoms with E-state index in [0.717, 1.165) is 42.1 Å². The fourth-order valence-electron chi connectivity index (χ4n) is 3.81. The zero-order chi connectivity index (χ0) is 21.3. The van der Waals surface area contributed by atoms with Crippen molar-refractivity contribution in [3.05, 3.63) is 56.5 Å². The molecule has 0 aliphatic carbocycles. The lowest BCUT2D eigenvalue weighted by Gasteiger charge is -2.26. The van der Waals surface area contributed by atoms with E-state index in [2.05, 4.69) is 24.5 Å². The Morgan fingerprint density at radius 2 is 1.93 bits per heavy atom. The van der Waals surface area contributed by atoms with Crippen LogP contribution < -0.4 is 5.43 Å². The maximum Gasteiger partial charge on any atom is 0.286 e. The van der Waals surface area contributed by atoms with Crippen molar-refractivity contribution >= 4 is 40.4 Å². The topological polar surface area (TPSA) is 50.2 Å². The molecule has 4 rings (SSSR count). The van der Waals surface area contributed by atoms with Crippen LogP contribution in [0.5, 0.6) is 0 Å². The van der Waals surface area contributed by atoms with Crippen molar-refractivity contribution in [1.82, 2.24) is 20.2 Å². The molecule has 1 fully saturated rings. The molecule has 5 nitrogen and oxygen atoms in total. The molecular weight excluding hydrogens is 439 g/mol. The number of nitrogens with zero attached hydrogens (tertiary/aromatic N) is 3. The first kappa shape index (κ1) is 21.4. The SMILES string of the molecule is CCc1c(C(=O)NN2CCCCC2)nn(-c2ccc(Cl)cc2Cl)c1-c1ccc(C)s1. The van der Waals surface area contributed by atoms with Gasteiger partial charge in [-0.05, 0) is 56.5 Å². The number of nitrogens with one attached hydrogen (secondary N) is 1. The summed E-state index contributed by atoms with van der Waals surface area (Å²) in [5.41, 5.74) is 6.01. The molecule has 0 atom stereocenters. The van der Waals surface area contributed by atoms with Crippen molar-refractivity contribution in [2.75, 3.05) is 13.1 Å². The number of amides is 1. The Bertz CT molecular complexity index is 1070. The van der Waals surface area contributed by atoms with Crippen LogP contribution in [0.15, 0.2) is 30.3 Å². The van der Waals surface area contributed by atoms with Gasteiger partial charge in [-0.15, -0.1) is 11.3 Å². The van der Waals surface area contributed by atoms with Gasteiger partial charge < -0.3 is 0 Å². The smallest absolute Gasteiger partial charge is 0.283 e. The van der Waals surface area contributed by atoms with Crippen molar-refractivity contribution < 1.29 is 4.79 Å². The minimum Gasteiger partial charge on any atom is -0.283 e. The average molecular weight is 463 g/mol. The minimum absolute atomic E-state index is 0.174. The lowest BCUT2D eigenvalue weighted by atomic mass is 10.1. The minimum atomic E-state index is -0.174. The third kappa shape index (κ3) is 4.28. The average Bonchev–Trinajstić information content (AvgIpc) is 3.32. The second kappa shape index (κ2) is 9.10. The van der Waals surface area contributed by atoms with Gasteiger partial charge in [0.1, 0.15) is 0 Å². The van der Waals surface area contributed by atoms with Crippen LogP contribution in [0.3, 0.4) is 0 Å². The molecule has 1 aliphatic rings.